The van der Waals surface area contributed by atoms with Crippen molar-refractivity contribution in [1.29, 1.82) is 0 Å². The third kappa shape index (κ3) is 5.40. The number of fused-ring (bicyclic) bond motifs is 1. The van der Waals surface area contributed by atoms with E-state index >= 15 is 0 Å². The molecule has 0 saturated carbocycles. The summed E-state index contributed by atoms with van der Waals surface area (Å²) < 4.78 is 25.2. The molecule has 0 aliphatic carbocycles. The van der Waals surface area contributed by atoms with Gasteiger partial charge >= 0.3 is 0 Å². The van der Waals surface area contributed by atoms with Crippen molar-refractivity contribution in [2.75, 3.05) is 18.1 Å². The summed E-state index contributed by atoms with van der Waals surface area (Å²) in [4.78, 5) is 12.9. The van der Waals surface area contributed by atoms with Crippen LogP contribution in [0.1, 0.15) is 49.4 Å². The zero-order valence-corrected chi connectivity index (χ0v) is 18.7. The number of rotatable bonds is 8. The van der Waals surface area contributed by atoms with Crippen molar-refractivity contribution in [3.8, 4) is 0 Å². The molecular weight excluding hydrogens is 398 g/mol. The lowest BCUT2D eigenvalue weighted by Gasteiger charge is -2.29. The largest absolute Gasteiger partial charge is 0.374 e. The third-order valence-electron chi connectivity index (χ3n) is 5.56. The van der Waals surface area contributed by atoms with E-state index in [1.54, 1.807) is 0 Å². The molecule has 0 fully saturated rings. The van der Waals surface area contributed by atoms with Gasteiger partial charge in [-0.1, -0.05) is 55.8 Å². The van der Waals surface area contributed by atoms with Gasteiger partial charge in [0.05, 0.1) is 12.3 Å². The molecule has 0 saturated heterocycles. The Labute approximate surface area is 179 Å². The predicted octanol–water partition coefficient (Wildman–Crippen LogP) is 3.46. The van der Waals surface area contributed by atoms with Gasteiger partial charge in [0.15, 0.2) is 0 Å². The summed E-state index contributed by atoms with van der Waals surface area (Å²) >= 11 is 0. The van der Waals surface area contributed by atoms with Crippen molar-refractivity contribution >= 4 is 21.6 Å². The Bertz CT molecular complexity index is 976. The van der Waals surface area contributed by atoms with E-state index in [1.165, 1.54) is 10.6 Å². The van der Waals surface area contributed by atoms with Gasteiger partial charge < -0.3 is 10.6 Å². The summed E-state index contributed by atoms with van der Waals surface area (Å²) in [6, 6.07) is 15.4. The fourth-order valence-electron chi connectivity index (χ4n) is 3.89. The number of hydrogen-bond acceptors (Lipinski definition) is 4. The Morgan fingerprint density at radius 1 is 1.13 bits per heavy atom. The lowest BCUT2D eigenvalue weighted by Crippen LogP contribution is -2.40. The molecule has 0 bridgehead atoms. The van der Waals surface area contributed by atoms with Crippen LogP contribution in [0.25, 0.3) is 0 Å². The van der Waals surface area contributed by atoms with Gasteiger partial charge in [0.25, 0.3) is 0 Å². The molecule has 2 aromatic carbocycles. The second-order valence-corrected chi connectivity index (χ2v) is 9.90. The van der Waals surface area contributed by atoms with Crippen molar-refractivity contribution in [2.45, 2.75) is 51.7 Å². The Morgan fingerprint density at radius 2 is 1.87 bits per heavy atom. The van der Waals surface area contributed by atoms with Gasteiger partial charge in [-0.2, -0.15) is 4.31 Å². The lowest BCUT2D eigenvalue weighted by molar-refractivity contribution is -0.122. The van der Waals surface area contributed by atoms with Crippen LogP contribution in [0.2, 0.25) is 0 Å². The molecule has 1 amide bonds. The lowest BCUT2D eigenvalue weighted by atomic mass is 9.98. The molecule has 30 heavy (non-hydrogen) atoms. The maximum absolute atomic E-state index is 12.9. The van der Waals surface area contributed by atoms with Crippen LogP contribution in [0, 0.1) is 0 Å². The van der Waals surface area contributed by atoms with Crippen LogP contribution in [0.3, 0.4) is 0 Å². The number of anilines is 1. The minimum atomic E-state index is -3.21. The number of nitrogens with one attached hydrogen (secondary N) is 2. The first-order valence-corrected chi connectivity index (χ1v) is 12.3. The number of carbonyl (C=O) groups excluding carboxylic acids is 1. The summed E-state index contributed by atoms with van der Waals surface area (Å²) in [5.74, 6) is -0.0523. The minimum Gasteiger partial charge on any atom is -0.374 e. The van der Waals surface area contributed by atoms with Gasteiger partial charge in [-0.05, 0) is 42.5 Å². The van der Waals surface area contributed by atoms with Gasteiger partial charge in [-0.3, -0.25) is 4.79 Å². The van der Waals surface area contributed by atoms with Crippen LogP contribution < -0.4 is 10.6 Å². The third-order valence-corrected chi connectivity index (χ3v) is 6.81. The van der Waals surface area contributed by atoms with Crippen LogP contribution in [0.5, 0.6) is 0 Å². The van der Waals surface area contributed by atoms with E-state index in [1.807, 2.05) is 55.5 Å². The van der Waals surface area contributed by atoms with Crippen LogP contribution in [-0.4, -0.2) is 37.5 Å². The topological polar surface area (TPSA) is 78.5 Å². The highest BCUT2D eigenvalue weighted by molar-refractivity contribution is 7.88. The number of amides is 1. The van der Waals surface area contributed by atoms with E-state index in [0.717, 1.165) is 35.2 Å². The summed E-state index contributed by atoms with van der Waals surface area (Å²) in [5, 5.41) is 6.51. The van der Waals surface area contributed by atoms with Gasteiger partial charge in [0.1, 0.15) is 6.04 Å². The highest BCUT2D eigenvalue weighted by Gasteiger charge is 2.26. The molecule has 2 N–H and O–H groups in total. The number of benzene rings is 2. The number of nitrogens with zero attached hydrogens (tertiary/aromatic N) is 1. The second kappa shape index (κ2) is 9.62. The predicted molar refractivity (Wildman–Crippen MR) is 121 cm³/mol. The van der Waals surface area contributed by atoms with Crippen molar-refractivity contribution in [3.63, 3.8) is 0 Å². The molecule has 1 heterocycles. The first-order valence-electron chi connectivity index (χ1n) is 10.5. The minimum absolute atomic E-state index is 0.0130. The van der Waals surface area contributed by atoms with Crippen molar-refractivity contribution in [1.82, 2.24) is 9.62 Å². The quantitative estimate of drug-likeness (QED) is 0.674. The number of hydrogen-bond donors (Lipinski definition) is 2. The van der Waals surface area contributed by atoms with E-state index in [-0.39, 0.29) is 11.9 Å². The first-order chi connectivity index (χ1) is 14.3. The van der Waals surface area contributed by atoms with E-state index in [0.29, 0.717) is 19.5 Å². The molecule has 162 valence electrons. The molecule has 1 aliphatic heterocycles. The Balaban J connectivity index is 1.70. The summed E-state index contributed by atoms with van der Waals surface area (Å²) in [6.45, 7) is 4.79. The normalized spacial score (nSPS) is 16.4. The Morgan fingerprint density at radius 3 is 2.53 bits per heavy atom. The molecule has 3 rings (SSSR count). The summed E-state index contributed by atoms with van der Waals surface area (Å²) in [5.41, 5.74) is 4.08. The maximum Gasteiger partial charge on any atom is 0.242 e. The monoisotopic (exact) mass is 429 g/mol. The molecule has 7 heteroatoms. The van der Waals surface area contributed by atoms with Crippen molar-refractivity contribution < 1.29 is 13.2 Å². The average molecular weight is 430 g/mol. The molecule has 0 spiro atoms. The van der Waals surface area contributed by atoms with Gasteiger partial charge in [0.2, 0.25) is 15.9 Å². The summed E-state index contributed by atoms with van der Waals surface area (Å²) in [7, 11) is -3.21. The van der Waals surface area contributed by atoms with Crippen molar-refractivity contribution in [3.05, 3.63) is 65.2 Å². The standard InChI is InChI=1S/C23H31N3O3S/c1-4-9-21(18-10-6-5-7-11-18)25-23(27)17(2)24-22-13-8-12-19-16-26(30(3,28)29)15-14-20(19)22/h5-8,10-13,17,21,24H,4,9,14-16H2,1-3H3,(H,25,27). The molecule has 1 aliphatic rings. The zero-order chi connectivity index (χ0) is 21.7. The first kappa shape index (κ1) is 22.3. The van der Waals surface area contributed by atoms with E-state index in [4.69, 9.17) is 0 Å². The SMILES string of the molecule is CCCC(NC(=O)C(C)Nc1cccc2c1CCN(S(C)(=O)=O)C2)c1ccccc1. The number of sulfonamides is 1. The summed E-state index contributed by atoms with van der Waals surface area (Å²) in [6.07, 6.45) is 3.73. The van der Waals surface area contributed by atoms with E-state index in [9.17, 15) is 13.2 Å². The van der Waals surface area contributed by atoms with Crippen molar-refractivity contribution in [2.24, 2.45) is 0 Å². The van der Waals surface area contributed by atoms with E-state index < -0.39 is 16.1 Å². The van der Waals surface area contributed by atoms with Crippen LogP contribution in [-0.2, 0) is 27.8 Å². The molecule has 6 nitrogen and oxygen atoms in total. The fraction of sp³-hybridized carbons (Fsp3) is 0.435. The average Bonchev–Trinajstić information content (AvgIpc) is 2.73. The molecule has 2 aromatic rings. The Kier molecular flexibility index (Phi) is 7.15. The highest BCUT2D eigenvalue weighted by Crippen LogP contribution is 2.28. The van der Waals surface area contributed by atoms with Gasteiger partial charge in [-0.25, -0.2) is 8.42 Å². The molecule has 2 atom stereocenters. The van der Waals surface area contributed by atoms with Gasteiger partial charge in [-0.15, -0.1) is 0 Å². The number of carbonyl (C=O) groups is 1. The van der Waals surface area contributed by atoms with E-state index in [2.05, 4.69) is 17.6 Å². The molecule has 2 unspecified atom stereocenters. The second-order valence-electron chi connectivity index (χ2n) is 7.92. The highest BCUT2D eigenvalue weighted by atomic mass is 32.2. The zero-order valence-electron chi connectivity index (χ0n) is 17.9. The van der Waals surface area contributed by atoms with Crippen LogP contribution in [0.15, 0.2) is 48.5 Å². The molecule has 0 radical (unpaired) electrons. The van der Waals surface area contributed by atoms with Gasteiger partial charge in [0, 0.05) is 18.8 Å². The maximum atomic E-state index is 12.9. The fourth-order valence-corrected chi connectivity index (χ4v) is 4.69. The van der Waals surface area contributed by atoms with Crippen LogP contribution in [0.4, 0.5) is 5.69 Å². The Hall–Kier alpha value is -2.38. The molecule has 0 aromatic heterocycles. The smallest absolute Gasteiger partial charge is 0.242 e. The molecular formula is C23H31N3O3S. The van der Waals surface area contributed by atoms with Crippen LogP contribution >= 0.6 is 0 Å².